The zero-order chi connectivity index (χ0) is 32.4. The summed E-state index contributed by atoms with van der Waals surface area (Å²) < 4.78 is 49.5. The first kappa shape index (κ1) is 33.2. The van der Waals surface area contributed by atoms with E-state index in [2.05, 4.69) is 5.32 Å². The van der Waals surface area contributed by atoms with E-state index in [0.717, 1.165) is 9.87 Å². The lowest BCUT2D eigenvalue weighted by molar-refractivity contribution is -0.140. The van der Waals surface area contributed by atoms with Gasteiger partial charge in [-0.1, -0.05) is 79.7 Å². The molecule has 0 fully saturated rings. The highest BCUT2D eigenvalue weighted by Crippen LogP contribution is 2.28. The number of carbonyl (C=O) groups excluding carboxylic acids is 2. The third-order valence-corrected chi connectivity index (χ3v) is 9.31. The van der Waals surface area contributed by atoms with E-state index in [1.54, 1.807) is 54.6 Å². The molecule has 0 saturated heterocycles. The summed E-state index contributed by atoms with van der Waals surface area (Å²) in [7, 11) is -2.80. The van der Waals surface area contributed by atoms with Crippen molar-refractivity contribution in [1.29, 1.82) is 0 Å². The predicted molar refractivity (Wildman–Crippen MR) is 173 cm³/mol. The first-order chi connectivity index (χ1) is 21.6. The third-order valence-electron chi connectivity index (χ3n) is 7.52. The van der Waals surface area contributed by atoms with Gasteiger partial charge >= 0.3 is 0 Å². The van der Waals surface area contributed by atoms with Crippen LogP contribution in [0, 0.1) is 5.82 Å². The van der Waals surface area contributed by atoms with Crippen LogP contribution in [0.2, 0.25) is 0 Å². The lowest BCUT2D eigenvalue weighted by Crippen LogP contribution is -2.54. The van der Waals surface area contributed by atoms with E-state index in [0.29, 0.717) is 12.2 Å². The number of ether oxygens (including phenoxy) is 1. The number of nitrogens with zero attached hydrogens (tertiary/aromatic N) is 2. The number of carbonyl (C=O) groups is 2. The zero-order valence-electron chi connectivity index (χ0n) is 25.6. The highest BCUT2D eigenvalue weighted by Gasteiger charge is 2.35. The first-order valence-corrected chi connectivity index (χ1v) is 16.2. The van der Waals surface area contributed by atoms with Crippen LogP contribution in [0.25, 0.3) is 0 Å². The maximum Gasteiger partial charge on any atom is 0.264 e. The van der Waals surface area contributed by atoms with Gasteiger partial charge in [0.1, 0.15) is 24.2 Å². The molecule has 2 amide bonds. The second kappa shape index (κ2) is 15.3. The van der Waals surface area contributed by atoms with Crippen molar-refractivity contribution in [3.8, 4) is 5.75 Å². The Morgan fingerprint density at radius 1 is 0.889 bits per heavy atom. The van der Waals surface area contributed by atoms with Gasteiger partial charge in [0.05, 0.1) is 17.7 Å². The van der Waals surface area contributed by atoms with Crippen molar-refractivity contribution < 1.29 is 27.1 Å². The van der Waals surface area contributed by atoms with Crippen molar-refractivity contribution in [2.45, 2.75) is 50.2 Å². The molecule has 0 bridgehead atoms. The van der Waals surface area contributed by atoms with Gasteiger partial charge in [0.15, 0.2) is 0 Å². The maximum absolute atomic E-state index is 15.0. The number of hydrogen-bond acceptors (Lipinski definition) is 5. The van der Waals surface area contributed by atoms with E-state index in [1.165, 1.54) is 36.3 Å². The Morgan fingerprint density at radius 2 is 1.53 bits per heavy atom. The minimum Gasteiger partial charge on any atom is -0.497 e. The summed E-state index contributed by atoms with van der Waals surface area (Å²) >= 11 is 0. The van der Waals surface area contributed by atoms with Crippen LogP contribution in [-0.4, -0.2) is 50.9 Å². The Morgan fingerprint density at radius 3 is 2.18 bits per heavy atom. The molecule has 0 heterocycles. The van der Waals surface area contributed by atoms with Gasteiger partial charge in [-0.25, -0.2) is 12.8 Å². The van der Waals surface area contributed by atoms with Gasteiger partial charge in [-0.2, -0.15) is 0 Å². The van der Waals surface area contributed by atoms with Crippen LogP contribution in [0.4, 0.5) is 10.1 Å². The normalized spacial score (nSPS) is 12.5. The monoisotopic (exact) mass is 631 g/mol. The molecule has 0 aliphatic rings. The van der Waals surface area contributed by atoms with Gasteiger partial charge in [-0.05, 0) is 49.2 Å². The zero-order valence-corrected chi connectivity index (χ0v) is 26.4. The van der Waals surface area contributed by atoms with E-state index in [4.69, 9.17) is 4.74 Å². The molecule has 4 rings (SSSR count). The number of sulfonamides is 1. The summed E-state index contributed by atoms with van der Waals surface area (Å²) in [4.78, 5) is 29.6. The predicted octanol–water partition coefficient (Wildman–Crippen LogP) is 5.58. The molecule has 0 spiro atoms. The number of nitrogens with one attached hydrogen (secondary N) is 1. The Balaban J connectivity index is 1.82. The summed E-state index contributed by atoms with van der Waals surface area (Å²) in [5, 5.41) is 2.97. The molecule has 0 radical (unpaired) electrons. The van der Waals surface area contributed by atoms with Gasteiger partial charge in [-0.3, -0.25) is 13.9 Å². The first-order valence-electron chi connectivity index (χ1n) is 14.7. The Kier molecular flexibility index (Phi) is 11.3. The van der Waals surface area contributed by atoms with Crippen LogP contribution in [0.3, 0.4) is 0 Å². The van der Waals surface area contributed by atoms with E-state index in [9.17, 15) is 18.0 Å². The summed E-state index contributed by atoms with van der Waals surface area (Å²) in [6, 6.07) is 28.1. The molecule has 8 nitrogen and oxygen atoms in total. The third kappa shape index (κ3) is 8.48. The lowest BCUT2D eigenvalue weighted by atomic mass is 10.0. The fourth-order valence-electron chi connectivity index (χ4n) is 4.82. The highest BCUT2D eigenvalue weighted by atomic mass is 32.2. The Hall–Kier alpha value is -4.70. The quantitative estimate of drug-likeness (QED) is 0.196. The molecule has 45 heavy (non-hydrogen) atoms. The standard InChI is InChI=1S/C35H38FN3O5S/c1-4-26(2)37-35(41)33(22-27-14-7-5-8-15-27)38(24-28-16-11-12-21-32(28)36)34(40)25-39(29-17-13-18-30(23-29)44-3)45(42,43)31-19-9-6-10-20-31/h5-21,23,26,33H,4,22,24-25H2,1-3H3,(H,37,41). The average Bonchev–Trinajstić information content (AvgIpc) is 3.06. The summed E-state index contributed by atoms with van der Waals surface area (Å²) in [6.07, 6.45) is 0.790. The van der Waals surface area contributed by atoms with Crippen LogP contribution in [-0.2, 0) is 32.6 Å². The molecule has 0 aliphatic heterocycles. The minimum atomic E-state index is -4.26. The maximum atomic E-state index is 15.0. The largest absolute Gasteiger partial charge is 0.497 e. The van der Waals surface area contributed by atoms with E-state index in [-0.39, 0.29) is 35.2 Å². The summed E-state index contributed by atoms with van der Waals surface area (Å²) in [5.74, 6) is -1.25. The molecular formula is C35H38FN3O5S. The average molecular weight is 632 g/mol. The fourth-order valence-corrected chi connectivity index (χ4v) is 6.25. The molecule has 4 aromatic rings. The van der Waals surface area contributed by atoms with Crippen LogP contribution in [0.15, 0.2) is 114 Å². The van der Waals surface area contributed by atoms with Gasteiger partial charge in [0.2, 0.25) is 11.8 Å². The smallest absolute Gasteiger partial charge is 0.264 e. The van der Waals surface area contributed by atoms with Crippen molar-refractivity contribution in [2.75, 3.05) is 18.0 Å². The highest BCUT2D eigenvalue weighted by molar-refractivity contribution is 7.92. The van der Waals surface area contributed by atoms with Crippen molar-refractivity contribution in [3.05, 3.63) is 126 Å². The van der Waals surface area contributed by atoms with Crippen LogP contribution in [0.1, 0.15) is 31.4 Å². The van der Waals surface area contributed by atoms with E-state index >= 15 is 4.39 Å². The number of anilines is 1. The second-order valence-corrected chi connectivity index (χ2v) is 12.5. The number of rotatable bonds is 14. The van der Waals surface area contributed by atoms with Crippen LogP contribution >= 0.6 is 0 Å². The summed E-state index contributed by atoms with van der Waals surface area (Å²) in [6.45, 7) is 2.88. The van der Waals surface area contributed by atoms with Gasteiger partial charge in [0, 0.05) is 30.6 Å². The lowest BCUT2D eigenvalue weighted by Gasteiger charge is -2.34. The van der Waals surface area contributed by atoms with Gasteiger partial charge in [0.25, 0.3) is 10.0 Å². The van der Waals surface area contributed by atoms with Crippen LogP contribution < -0.4 is 14.4 Å². The summed E-state index contributed by atoms with van der Waals surface area (Å²) in [5.41, 5.74) is 1.18. The van der Waals surface area contributed by atoms with E-state index < -0.39 is 40.2 Å². The Labute approximate surface area is 264 Å². The van der Waals surface area contributed by atoms with Crippen LogP contribution in [0.5, 0.6) is 5.75 Å². The minimum absolute atomic E-state index is 0.0170. The van der Waals surface area contributed by atoms with Crippen molar-refractivity contribution in [1.82, 2.24) is 10.2 Å². The number of amides is 2. The topological polar surface area (TPSA) is 96.0 Å². The number of methoxy groups -OCH3 is 1. The molecule has 236 valence electrons. The van der Waals surface area contributed by atoms with Gasteiger partial charge < -0.3 is 15.0 Å². The van der Waals surface area contributed by atoms with Crippen molar-refractivity contribution in [2.24, 2.45) is 0 Å². The molecule has 0 saturated carbocycles. The number of hydrogen-bond donors (Lipinski definition) is 1. The van der Waals surface area contributed by atoms with Gasteiger partial charge in [-0.15, -0.1) is 0 Å². The molecular weight excluding hydrogens is 593 g/mol. The van der Waals surface area contributed by atoms with E-state index in [1.807, 2.05) is 44.2 Å². The molecule has 2 atom stereocenters. The molecule has 2 unspecified atom stereocenters. The Bertz CT molecular complexity index is 1690. The van der Waals surface area contributed by atoms with Crippen molar-refractivity contribution >= 4 is 27.5 Å². The SMILES string of the molecule is CCC(C)NC(=O)C(Cc1ccccc1)N(Cc1ccccc1F)C(=O)CN(c1cccc(OC)c1)S(=O)(=O)c1ccccc1. The fraction of sp³-hybridized carbons (Fsp3) is 0.257. The number of halogens is 1. The molecule has 4 aromatic carbocycles. The number of benzene rings is 4. The molecule has 1 N–H and O–H groups in total. The van der Waals surface area contributed by atoms with Crippen molar-refractivity contribution in [3.63, 3.8) is 0 Å². The second-order valence-electron chi connectivity index (χ2n) is 10.7. The molecule has 0 aliphatic carbocycles. The molecule has 10 heteroatoms. The molecule has 0 aromatic heterocycles.